The van der Waals surface area contributed by atoms with E-state index in [1.807, 2.05) is 93.4 Å². The average molecular weight is 872 g/mol. The Hall–Kier alpha value is -1.99. The van der Waals surface area contributed by atoms with E-state index in [0.717, 1.165) is 0 Å². The van der Waals surface area contributed by atoms with E-state index in [-0.39, 0.29) is 43.7 Å². The summed E-state index contributed by atoms with van der Waals surface area (Å²) in [5.74, 6) is -3.84. The molecule has 4 rings (SSSR count). The second-order valence-electron chi connectivity index (χ2n) is 20.3. The van der Waals surface area contributed by atoms with Crippen molar-refractivity contribution in [1.82, 2.24) is 14.7 Å². The molecule has 18 atom stereocenters. The molecule has 16 heteroatoms. The highest BCUT2D eigenvalue weighted by molar-refractivity contribution is 5.85. The first-order valence-corrected chi connectivity index (χ1v) is 22.3. The van der Waals surface area contributed by atoms with Crippen LogP contribution in [-0.2, 0) is 47.5 Å². The highest BCUT2D eigenvalue weighted by atomic mass is 16.7. The molecule has 2 N–H and O–H groups in total. The summed E-state index contributed by atoms with van der Waals surface area (Å²) in [5.41, 5.74) is -4.20. The number of hydrogen-bond donors (Lipinski definition) is 2. The zero-order chi connectivity index (χ0) is 46.3. The fourth-order valence-corrected chi connectivity index (χ4v) is 10.4. The van der Waals surface area contributed by atoms with Crippen molar-refractivity contribution in [2.45, 2.75) is 199 Å². The van der Waals surface area contributed by atoms with E-state index in [1.165, 1.54) is 7.11 Å². The average Bonchev–Trinajstić information content (AvgIpc) is 3.44. The molecule has 4 saturated heterocycles. The number of aliphatic hydroxyl groups excluding tert-OH is 2. The Balaban J connectivity index is 1.92. The lowest BCUT2D eigenvalue weighted by Crippen LogP contribution is -2.62. The van der Waals surface area contributed by atoms with Crippen LogP contribution in [0, 0.1) is 23.7 Å². The Morgan fingerprint density at radius 2 is 1.48 bits per heavy atom. The van der Waals surface area contributed by atoms with Gasteiger partial charge in [0.25, 0.3) is 0 Å². The van der Waals surface area contributed by atoms with E-state index >= 15 is 0 Å². The number of carbonyl (C=O) groups is 3. The molecule has 4 fully saturated rings. The van der Waals surface area contributed by atoms with Crippen LogP contribution in [0.1, 0.15) is 109 Å². The van der Waals surface area contributed by atoms with Gasteiger partial charge in [0.05, 0.1) is 47.6 Å². The highest BCUT2D eigenvalue weighted by Gasteiger charge is 2.61. The predicted octanol–water partition coefficient (Wildman–Crippen LogP) is 4.25. The molecular weight excluding hydrogens is 791 g/mol. The number of hydrogen-bond acceptors (Lipinski definition) is 15. The van der Waals surface area contributed by atoms with Crippen LogP contribution in [0.2, 0.25) is 0 Å². The maximum atomic E-state index is 15.0. The number of ketones is 1. The molecule has 0 radical (unpaired) electrons. The maximum absolute atomic E-state index is 15.0. The largest absolute Gasteiger partial charge is 0.458 e. The fraction of sp³-hybridized carbons (Fsp3) is 0.933. The van der Waals surface area contributed by atoms with Crippen molar-refractivity contribution in [3.8, 4) is 0 Å². The summed E-state index contributed by atoms with van der Waals surface area (Å²) < 4.78 is 51.5. The third-order valence-electron chi connectivity index (χ3n) is 14.9. The van der Waals surface area contributed by atoms with Crippen molar-refractivity contribution < 1.29 is 62.5 Å². The number of methoxy groups -OCH3 is 2. The van der Waals surface area contributed by atoms with Gasteiger partial charge in [-0.3, -0.25) is 14.5 Å². The Kier molecular flexibility index (Phi) is 16.6. The predicted molar refractivity (Wildman–Crippen MR) is 228 cm³/mol. The van der Waals surface area contributed by atoms with E-state index < -0.39 is 113 Å². The third-order valence-corrected chi connectivity index (χ3v) is 14.9. The molecule has 4 aliphatic heterocycles. The summed E-state index contributed by atoms with van der Waals surface area (Å²) in [5, 5.41) is 22.9. The number of ether oxygens (including phenoxy) is 8. The standard InChI is InChI=1S/C45H81N3O13/c1-19-31-45(12)36(48(41(53)61-45)23-42(8,9)47(15)16)26(4)33(49)24(2)21-44(11,55-18)38(60-40-34(50)30(46(13)14)20-25(3)56-40)27(5)35(28(6)39(52)58-31)59-32-22-43(10,54-17)37(51)29(7)57-32/h24-32,34-38,40,50-51H,19-23H2,1-18H3. The first-order valence-electron chi connectivity index (χ1n) is 22.3. The summed E-state index contributed by atoms with van der Waals surface area (Å²) >= 11 is 0. The quantitative estimate of drug-likeness (QED) is 0.282. The van der Waals surface area contributed by atoms with Gasteiger partial charge in [-0.15, -0.1) is 0 Å². The van der Waals surface area contributed by atoms with E-state index in [9.17, 15) is 24.6 Å². The first kappa shape index (κ1) is 51.6. The van der Waals surface area contributed by atoms with Gasteiger partial charge in [-0.2, -0.15) is 0 Å². The van der Waals surface area contributed by atoms with Crippen LogP contribution >= 0.6 is 0 Å². The van der Waals surface area contributed by atoms with Gasteiger partial charge in [0, 0.05) is 56.5 Å². The fourth-order valence-electron chi connectivity index (χ4n) is 10.4. The van der Waals surface area contributed by atoms with Crippen LogP contribution in [-0.4, -0.2) is 181 Å². The Bertz CT molecular complexity index is 1520. The molecule has 0 saturated carbocycles. The van der Waals surface area contributed by atoms with Crippen molar-refractivity contribution in [3.63, 3.8) is 0 Å². The molecule has 61 heavy (non-hydrogen) atoms. The third kappa shape index (κ3) is 10.4. The van der Waals surface area contributed by atoms with Crippen LogP contribution in [0.5, 0.6) is 0 Å². The van der Waals surface area contributed by atoms with Crippen LogP contribution in [0.25, 0.3) is 0 Å². The summed E-state index contributed by atoms with van der Waals surface area (Å²) in [4.78, 5) is 49.5. The van der Waals surface area contributed by atoms with Gasteiger partial charge in [0.1, 0.15) is 24.1 Å². The van der Waals surface area contributed by atoms with Crippen molar-refractivity contribution in [1.29, 1.82) is 0 Å². The molecular formula is C45H81N3O13. The molecule has 0 aromatic heterocycles. The van der Waals surface area contributed by atoms with Gasteiger partial charge >= 0.3 is 12.1 Å². The van der Waals surface area contributed by atoms with E-state index in [4.69, 9.17) is 37.9 Å². The Morgan fingerprint density at radius 3 is 2.02 bits per heavy atom. The minimum atomic E-state index is -1.41. The first-order chi connectivity index (χ1) is 28.1. The number of Topliss-reactive ketones (excluding diaryl/α,β-unsaturated/α-hetero) is 1. The van der Waals surface area contributed by atoms with E-state index in [0.29, 0.717) is 6.42 Å². The van der Waals surface area contributed by atoms with Gasteiger partial charge in [-0.1, -0.05) is 27.7 Å². The smallest absolute Gasteiger partial charge is 0.411 e. The Labute approximate surface area is 365 Å². The molecule has 354 valence electrons. The minimum absolute atomic E-state index is 0.131. The van der Waals surface area contributed by atoms with Gasteiger partial charge in [-0.25, -0.2) is 4.79 Å². The second-order valence-corrected chi connectivity index (χ2v) is 20.3. The lowest BCUT2D eigenvalue weighted by atomic mass is 9.73. The number of likely N-dealkylation sites (N-methyl/N-ethyl adjacent to an activating group) is 2. The van der Waals surface area contributed by atoms with Crippen LogP contribution in [0.3, 0.4) is 0 Å². The molecule has 18 unspecified atom stereocenters. The van der Waals surface area contributed by atoms with E-state index in [2.05, 4.69) is 0 Å². The number of fused-ring (bicyclic) bond motifs is 1. The highest BCUT2D eigenvalue weighted by Crippen LogP contribution is 2.45. The molecule has 0 aromatic carbocycles. The number of aliphatic hydroxyl groups is 2. The number of carbonyl (C=O) groups excluding carboxylic acids is 3. The summed E-state index contributed by atoms with van der Waals surface area (Å²) in [6.07, 6.45) is -7.35. The van der Waals surface area contributed by atoms with Crippen LogP contribution in [0.15, 0.2) is 0 Å². The number of cyclic esters (lactones) is 1. The van der Waals surface area contributed by atoms with Gasteiger partial charge < -0.3 is 57.9 Å². The summed E-state index contributed by atoms with van der Waals surface area (Å²) in [6, 6.07) is -1.09. The summed E-state index contributed by atoms with van der Waals surface area (Å²) in [7, 11) is 10.7. The van der Waals surface area contributed by atoms with Crippen molar-refractivity contribution in [2.24, 2.45) is 23.7 Å². The number of rotatable bonds is 11. The normalized spacial score (nSPS) is 44.8. The second kappa shape index (κ2) is 19.6. The van der Waals surface area contributed by atoms with Crippen LogP contribution in [0.4, 0.5) is 4.79 Å². The topological polar surface area (TPSA) is 175 Å². The Morgan fingerprint density at radius 1 is 0.869 bits per heavy atom. The number of esters is 1. The molecule has 4 aliphatic rings. The molecule has 0 aromatic rings. The molecule has 16 nitrogen and oxygen atoms in total. The lowest BCUT2D eigenvalue weighted by Gasteiger charge is -2.50. The molecule has 1 amide bonds. The van der Waals surface area contributed by atoms with Gasteiger partial charge in [0.2, 0.25) is 0 Å². The van der Waals surface area contributed by atoms with Crippen molar-refractivity contribution in [3.05, 3.63) is 0 Å². The van der Waals surface area contributed by atoms with Gasteiger partial charge in [-0.05, 0) is 103 Å². The summed E-state index contributed by atoms with van der Waals surface area (Å²) in [6.45, 7) is 22.5. The lowest BCUT2D eigenvalue weighted by molar-refractivity contribution is -0.319. The monoisotopic (exact) mass is 872 g/mol. The zero-order valence-corrected chi connectivity index (χ0v) is 40.4. The van der Waals surface area contributed by atoms with Crippen molar-refractivity contribution in [2.75, 3.05) is 49.0 Å². The van der Waals surface area contributed by atoms with Crippen molar-refractivity contribution >= 4 is 17.8 Å². The zero-order valence-electron chi connectivity index (χ0n) is 40.4. The molecule has 0 spiro atoms. The SMILES string of the molecule is CCC1OC(=O)C(C)C(OC2CC(C)(OC)C(O)C(C)O2)C(C)C(OC2OC(C)CC(N(C)C)C2O)C(C)(OC)CC(C)C(=O)C(C)C2N(CC(C)(C)N(C)C)C(=O)OC12C. The molecule has 4 heterocycles. The van der Waals surface area contributed by atoms with E-state index in [1.54, 1.807) is 39.7 Å². The van der Waals surface area contributed by atoms with Gasteiger partial charge in [0.15, 0.2) is 18.2 Å². The maximum Gasteiger partial charge on any atom is 0.411 e. The molecule has 0 bridgehead atoms. The number of amides is 1. The number of nitrogens with zero attached hydrogens (tertiary/aromatic N) is 3. The molecule has 0 aliphatic carbocycles. The minimum Gasteiger partial charge on any atom is -0.458 e. The van der Waals surface area contributed by atoms with Crippen LogP contribution < -0.4 is 0 Å².